The Labute approximate surface area is 220 Å². The minimum absolute atomic E-state index is 0.0201. The molecule has 0 spiro atoms. The van der Waals surface area contributed by atoms with E-state index in [2.05, 4.69) is 0 Å². The quantitative estimate of drug-likeness (QED) is 0.325. The number of furan rings is 1. The topological polar surface area (TPSA) is 72.2 Å². The van der Waals surface area contributed by atoms with E-state index in [1.165, 1.54) is 0 Å². The Bertz CT molecular complexity index is 1160. The third-order valence-corrected chi connectivity index (χ3v) is 6.56. The predicted molar refractivity (Wildman–Crippen MR) is 144 cm³/mol. The lowest BCUT2D eigenvalue weighted by atomic mass is 10.1. The zero-order chi connectivity index (χ0) is 26.8. The summed E-state index contributed by atoms with van der Waals surface area (Å²) in [4.78, 5) is 30.4. The van der Waals surface area contributed by atoms with Gasteiger partial charge in [-0.3, -0.25) is 9.59 Å². The van der Waals surface area contributed by atoms with Crippen LogP contribution in [0.25, 0.3) is 0 Å². The van der Waals surface area contributed by atoms with Gasteiger partial charge >= 0.3 is 0 Å². The molecule has 37 heavy (non-hydrogen) atoms. The number of methoxy groups -OCH3 is 2. The average Bonchev–Trinajstić information content (AvgIpc) is 3.33. The third-order valence-electron chi connectivity index (χ3n) is 6.56. The van der Waals surface area contributed by atoms with Gasteiger partial charge in [0.25, 0.3) is 0 Å². The number of hydrogen-bond donors (Lipinski definition) is 0. The fraction of sp³-hybridized carbons (Fsp3) is 0.400. The number of benzene rings is 2. The molecule has 7 nitrogen and oxygen atoms in total. The van der Waals surface area contributed by atoms with Crippen LogP contribution < -0.4 is 9.47 Å². The Hall–Kier alpha value is -3.74. The Kier molecular flexibility index (Phi) is 10.2. The van der Waals surface area contributed by atoms with Crippen LogP contribution in [-0.4, -0.2) is 55.0 Å². The van der Waals surface area contributed by atoms with E-state index in [4.69, 9.17) is 13.9 Å². The van der Waals surface area contributed by atoms with Gasteiger partial charge in [0.1, 0.15) is 18.1 Å². The molecule has 1 unspecified atom stereocenters. The molecule has 0 saturated heterocycles. The highest BCUT2D eigenvalue weighted by Crippen LogP contribution is 2.28. The molecule has 1 atom stereocenters. The van der Waals surface area contributed by atoms with Gasteiger partial charge in [0.2, 0.25) is 11.8 Å². The number of ether oxygens (including phenoxy) is 2. The molecule has 7 heteroatoms. The highest BCUT2D eigenvalue weighted by atomic mass is 16.5. The molecule has 1 aromatic heterocycles. The Balaban J connectivity index is 1.77. The molecular weight excluding hydrogens is 468 g/mol. The maximum Gasteiger partial charge on any atom is 0.242 e. The van der Waals surface area contributed by atoms with Crippen molar-refractivity contribution in [3.05, 3.63) is 83.3 Å². The molecule has 2 amide bonds. The van der Waals surface area contributed by atoms with E-state index in [1.54, 1.807) is 24.0 Å². The van der Waals surface area contributed by atoms with Crippen molar-refractivity contribution in [2.75, 3.05) is 27.3 Å². The van der Waals surface area contributed by atoms with E-state index in [0.29, 0.717) is 36.8 Å². The van der Waals surface area contributed by atoms with Crippen LogP contribution in [0.1, 0.15) is 42.9 Å². The second-order valence-electron chi connectivity index (χ2n) is 9.21. The zero-order valence-corrected chi connectivity index (χ0v) is 22.5. The minimum atomic E-state index is -0.115. The summed E-state index contributed by atoms with van der Waals surface area (Å²) >= 11 is 0. The van der Waals surface area contributed by atoms with Gasteiger partial charge in [-0.2, -0.15) is 0 Å². The lowest BCUT2D eigenvalue weighted by Crippen LogP contribution is -2.47. The summed E-state index contributed by atoms with van der Waals surface area (Å²) in [5.41, 5.74) is 1.95. The molecule has 0 aliphatic heterocycles. The number of carbonyl (C=O) groups is 2. The summed E-state index contributed by atoms with van der Waals surface area (Å²) in [7, 11) is 3.21. The molecule has 0 N–H and O–H groups in total. The van der Waals surface area contributed by atoms with Crippen LogP contribution >= 0.6 is 0 Å². The number of hydrogen-bond acceptors (Lipinski definition) is 5. The molecule has 3 rings (SSSR count). The number of carbonyl (C=O) groups excluding carboxylic acids is 2. The number of amides is 2. The number of nitrogens with zero attached hydrogens (tertiary/aromatic N) is 2. The summed E-state index contributed by atoms with van der Waals surface area (Å²) in [5, 5.41) is 0. The molecule has 0 fully saturated rings. The molecule has 0 bridgehead atoms. The van der Waals surface area contributed by atoms with E-state index < -0.39 is 0 Å². The predicted octanol–water partition coefficient (Wildman–Crippen LogP) is 5.05. The molecule has 2 aromatic carbocycles. The van der Waals surface area contributed by atoms with Gasteiger partial charge in [-0.1, -0.05) is 43.3 Å². The molecule has 0 radical (unpaired) electrons. The minimum Gasteiger partial charge on any atom is -0.493 e. The fourth-order valence-electron chi connectivity index (χ4n) is 4.18. The number of rotatable bonds is 13. The normalized spacial score (nSPS) is 11.6. The van der Waals surface area contributed by atoms with E-state index in [-0.39, 0.29) is 30.8 Å². The first-order valence-corrected chi connectivity index (χ1v) is 12.7. The molecular formula is C30H38N2O5. The van der Waals surface area contributed by atoms with Gasteiger partial charge in [-0.25, -0.2) is 0 Å². The van der Waals surface area contributed by atoms with Crippen LogP contribution in [-0.2, 0) is 29.0 Å². The fourth-order valence-corrected chi connectivity index (χ4v) is 4.18. The van der Waals surface area contributed by atoms with E-state index in [1.807, 2.05) is 81.4 Å². The van der Waals surface area contributed by atoms with Gasteiger partial charge < -0.3 is 23.7 Å². The van der Waals surface area contributed by atoms with Crippen molar-refractivity contribution in [1.82, 2.24) is 9.80 Å². The van der Waals surface area contributed by atoms with Crippen LogP contribution in [0, 0.1) is 6.92 Å². The Morgan fingerprint density at radius 1 is 0.919 bits per heavy atom. The first kappa shape index (κ1) is 27.8. The maximum atomic E-state index is 13.6. The largest absolute Gasteiger partial charge is 0.493 e. The standard InChI is InChI=1S/C30H38N2O5/c1-6-22(2)32(29(33)19-24-10-8-7-9-11-24)21-30(34)31(20-26-14-12-23(3)37-26)17-16-25-13-15-27(35-4)28(18-25)36-5/h7-15,18,22H,6,16-17,19-21H2,1-5H3. The van der Waals surface area contributed by atoms with Gasteiger partial charge in [-0.15, -0.1) is 0 Å². The number of aryl methyl sites for hydroxylation is 1. The summed E-state index contributed by atoms with van der Waals surface area (Å²) in [6.45, 7) is 6.72. The van der Waals surface area contributed by atoms with Crippen molar-refractivity contribution < 1.29 is 23.5 Å². The van der Waals surface area contributed by atoms with E-state index in [9.17, 15) is 9.59 Å². The second-order valence-corrected chi connectivity index (χ2v) is 9.21. The van der Waals surface area contributed by atoms with Crippen molar-refractivity contribution in [3.8, 4) is 11.5 Å². The van der Waals surface area contributed by atoms with Crippen molar-refractivity contribution in [1.29, 1.82) is 0 Å². The first-order valence-electron chi connectivity index (χ1n) is 12.7. The van der Waals surface area contributed by atoms with Gasteiger partial charge in [0.05, 0.1) is 27.2 Å². The molecule has 3 aromatic rings. The monoisotopic (exact) mass is 506 g/mol. The zero-order valence-electron chi connectivity index (χ0n) is 22.5. The van der Waals surface area contributed by atoms with Crippen molar-refractivity contribution in [2.45, 2.75) is 52.6 Å². The van der Waals surface area contributed by atoms with Crippen LogP contribution in [0.2, 0.25) is 0 Å². The smallest absolute Gasteiger partial charge is 0.242 e. The van der Waals surface area contributed by atoms with Crippen LogP contribution in [0.5, 0.6) is 11.5 Å². The van der Waals surface area contributed by atoms with Crippen molar-refractivity contribution in [3.63, 3.8) is 0 Å². The Morgan fingerprint density at radius 2 is 1.65 bits per heavy atom. The van der Waals surface area contributed by atoms with E-state index in [0.717, 1.165) is 23.3 Å². The van der Waals surface area contributed by atoms with Gasteiger partial charge in [0.15, 0.2) is 11.5 Å². The second kappa shape index (κ2) is 13.5. The van der Waals surface area contributed by atoms with E-state index >= 15 is 0 Å². The SMILES string of the molecule is CCC(C)N(CC(=O)N(CCc1ccc(OC)c(OC)c1)Cc1ccc(C)o1)C(=O)Cc1ccccc1. The molecule has 0 saturated carbocycles. The van der Waals surface area contributed by atoms with Crippen LogP contribution in [0.4, 0.5) is 0 Å². The average molecular weight is 507 g/mol. The van der Waals surface area contributed by atoms with Gasteiger partial charge in [-0.05, 0) is 62.1 Å². The maximum absolute atomic E-state index is 13.6. The third kappa shape index (κ3) is 7.87. The molecule has 0 aliphatic rings. The van der Waals surface area contributed by atoms with Gasteiger partial charge in [0, 0.05) is 12.6 Å². The lowest BCUT2D eigenvalue weighted by molar-refractivity contribution is -0.142. The summed E-state index contributed by atoms with van der Waals surface area (Å²) in [6, 6.07) is 19.1. The highest BCUT2D eigenvalue weighted by Gasteiger charge is 2.25. The Morgan fingerprint density at radius 3 is 2.27 bits per heavy atom. The first-order chi connectivity index (χ1) is 17.8. The van der Waals surface area contributed by atoms with Crippen molar-refractivity contribution >= 4 is 11.8 Å². The molecule has 198 valence electrons. The summed E-state index contributed by atoms with van der Waals surface area (Å²) < 4.78 is 16.5. The highest BCUT2D eigenvalue weighted by molar-refractivity contribution is 5.86. The van der Waals surface area contributed by atoms with Crippen molar-refractivity contribution in [2.24, 2.45) is 0 Å². The summed E-state index contributed by atoms with van der Waals surface area (Å²) in [5.74, 6) is 2.64. The molecule has 1 heterocycles. The lowest BCUT2D eigenvalue weighted by Gasteiger charge is -2.31. The van der Waals surface area contributed by atoms with Crippen LogP contribution in [0.15, 0.2) is 65.1 Å². The van der Waals surface area contributed by atoms with Crippen LogP contribution in [0.3, 0.4) is 0 Å². The molecule has 0 aliphatic carbocycles. The summed E-state index contributed by atoms with van der Waals surface area (Å²) in [6.07, 6.45) is 1.64.